The summed E-state index contributed by atoms with van der Waals surface area (Å²) in [6.07, 6.45) is 5.05. The minimum absolute atomic E-state index is 0.458. The molecular weight excluding hydrogens is 256 g/mol. The highest BCUT2D eigenvalue weighted by Crippen LogP contribution is 2.34. The first kappa shape index (κ1) is 16.5. The summed E-state index contributed by atoms with van der Waals surface area (Å²) in [4.78, 5) is 2.63. The van der Waals surface area contributed by atoms with Crippen LogP contribution in [0.5, 0.6) is 0 Å². The Labute approximate surface area is 130 Å². The van der Waals surface area contributed by atoms with E-state index in [4.69, 9.17) is 5.73 Å². The van der Waals surface area contributed by atoms with E-state index in [2.05, 4.69) is 49.9 Å². The van der Waals surface area contributed by atoms with Crippen LogP contribution >= 0.6 is 0 Å². The van der Waals surface area contributed by atoms with Crippen LogP contribution in [0.3, 0.4) is 0 Å². The fourth-order valence-corrected chi connectivity index (χ4v) is 3.42. The van der Waals surface area contributed by atoms with E-state index in [1.54, 1.807) is 0 Å². The summed E-state index contributed by atoms with van der Waals surface area (Å²) in [6, 6.07) is 9.02. The van der Waals surface area contributed by atoms with E-state index in [1.165, 1.54) is 43.5 Å². The number of likely N-dealkylation sites (tertiary alicyclic amines) is 1. The third-order valence-corrected chi connectivity index (χ3v) is 4.91. The SMILES string of the molecule is CC(C)(C)C1CCCN(Cc2ccc(CCN)cc2)CC1. The second kappa shape index (κ2) is 7.42. The molecule has 0 bridgehead atoms. The van der Waals surface area contributed by atoms with Crippen LogP contribution in [-0.2, 0) is 13.0 Å². The van der Waals surface area contributed by atoms with Crippen LogP contribution < -0.4 is 5.73 Å². The largest absolute Gasteiger partial charge is 0.330 e. The molecule has 1 saturated heterocycles. The summed E-state index contributed by atoms with van der Waals surface area (Å²) in [6.45, 7) is 11.5. The maximum Gasteiger partial charge on any atom is 0.0233 e. The fourth-order valence-electron chi connectivity index (χ4n) is 3.42. The van der Waals surface area contributed by atoms with Gasteiger partial charge in [0.15, 0.2) is 0 Å². The highest BCUT2D eigenvalue weighted by Gasteiger charge is 2.26. The Morgan fingerprint density at radius 1 is 1.05 bits per heavy atom. The molecule has 0 amide bonds. The molecule has 1 aliphatic heterocycles. The molecule has 2 nitrogen and oxygen atoms in total. The van der Waals surface area contributed by atoms with E-state index in [1.807, 2.05) is 0 Å². The van der Waals surface area contributed by atoms with Gasteiger partial charge in [-0.3, -0.25) is 4.90 Å². The molecular formula is C19H32N2. The topological polar surface area (TPSA) is 29.3 Å². The molecule has 1 aliphatic rings. The zero-order chi connectivity index (χ0) is 15.3. The third-order valence-electron chi connectivity index (χ3n) is 4.91. The predicted octanol–water partition coefficient (Wildman–Crippen LogP) is 3.84. The summed E-state index contributed by atoms with van der Waals surface area (Å²) in [7, 11) is 0. The summed E-state index contributed by atoms with van der Waals surface area (Å²) in [5.74, 6) is 0.870. The van der Waals surface area contributed by atoms with Crippen molar-refractivity contribution in [2.45, 2.75) is 53.0 Å². The lowest BCUT2D eigenvalue weighted by molar-refractivity contribution is 0.206. The van der Waals surface area contributed by atoms with Gasteiger partial charge >= 0.3 is 0 Å². The molecule has 2 N–H and O–H groups in total. The molecule has 1 heterocycles. The number of hydrogen-bond acceptors (Lipinski definition) is 2. The highest BCUT2D eigenvalue weighted by atomic mass is 15.1. The Hall–Kier alpha value is -0.860. The highest BCUT2D eigenvalue weighted by molar-refractivity contribution is 5.22. The van der Waals surface area contributed by atoms with Gasteiger partial charge in [0.2, 0.25) is 0 Å². The van der Waals surface area contributed by atoms with Gasteiger partial charge in [0, 0.05) is 6.54 Å². The van der Waals surface area contributed by atoms with E-state index >= 15 is 0 Å². The minimum atomic E-state index is 0.458. The third kappa shape index (κ3) is 5.12. The van der Waals surface area contributed by atoms with Gasteiger partial charge in [-0.15, -0.1) is 0 Å². The lowest BCUT2D eigenvalue weighted by Gasteiger charge is -2.29. The molecule has 0 spiro atoms. The second-order valence-corrected chi connectivity index (χ2v) is 7.63. The zero-order valence-corrected chi connectivity index (χ0v) is 14.1. The smallest absolute Gasteiger partial charge is 0.0233 e. The molecule has 118 valence electrons. The molecule has 2 heteroatoms. The van der Waals surface area contributed by atoms with Crippen LogP contribution in [0.15, 0.2) is 24.3 Å². The normalized spacial score (nSPS) is 21.2. The number of nitrogens with zero attached hydrogens (tertiary/aromatic N) is 1. The van der Waals surface area contributed by atoms with Crippen molar-refractivity contribution in [1.82, 2.24) is 4.90 Å². The summed E-state index contributed by atoms with van der Waals surface area (Å²) >= 11 is 0. The molecule has 1 aromatic carbocycles. The first-order valence-corrected chi connectivity index (χ1v) is 8.49. The molecule has 1 aromatic rings. The van der Waals surface area contributed by atoms with Crippen LogP contribution in [0.1, 0.15) is 51.2 Å². The summed E-state index contributed by atoms with van der Waals surface area (Å²) in [5.41, 5.74) is 8.85. The second-order valence-electron chi connectivity index (χ2n) is 7.63. The van der Waals surface area contributed by atoms with E-state index in [0.29, 0.717) is 5.41 Å². The first-order chi connectivity index (χ1) is 9.99. The average molecular weight is 288 g/mol. The summed E-state index contributed by atoms with van der Waals surface area (Å²) < 4.78 is 0. The van der Waals surface area contributed by atoms with Crippen molar-refractivity contribution in [2.24, 2.45) is 17.1 Å². The van der Waals surface area contributed by atoms with Gasteiger partial charge in [-0.1, -0.05) is 45.0 Å². The van der Waals surface area contributed by atoms with E-state index in [0.717, 1.165) is 25.4 Å². The lowest BCUT2D eigenvalue weighted by Crippen LogP contribution is -2.26. The molecule has 1 unspecified atom stereocenters. The van der Waals surface area contributed by atoms with Gasteiger partial charge in [-0.25, -0.2) is 0 Å². The van der Waals surface area contributed by atoms with Crippen molar-refractivity contribution < 1.29 is 0 Å². The molecule has 1 atom stereocenters. The number of benzene rings is 1. The van der Waals surface area contributed by atoms with Gasteiger partial charge in [0.1, 0.15) is 0 Å². The number of hydrogen-bond donors (Lipinski definition) is 1. The Bertz CT molecular complexity index is 416. The maximum absolute atomic E-state index is 5.61. The van der Waals surface area contributed by atoms with Gasteiger partial charge in [-0.05, 0) is 67.8 Å². The average Bonchev–Trinajstić information content (AvgIpc) is 2.66. The standard InChI is InChI=1S/C19H32N2/c1-19(2,3)18-5-4-13-21(14-11-18)15-17-8-6-16(7-9-17)10-12-20/h6-9,18H,4-5,10-15,20H2,1-3H3. The first-order valence-electron chi connectivity index (χ1n) is 8.49. The Morgan fingerprint density at radius 3 is 2.33 bits per heavy atom. The van der Waals surface area contributed by atoms with Crippen LogP contribution in [-0.4, -0.2) is 24.5 Å². The van der Waals surface area contributed by atoms with Crippen LogP contribution in [0.4, 0.5) is 0 Å². The van der Waals surface area contributed by atoms with Crippen molar-refractivity contribution in [3.05, 3.63) is 35.4 Å². The van der Waals surface area contributed by atoms with Crippen molar-refractivity contribution in [3.63, 3.8) is 0 Å². The maximum atomic E-state index is 5.61. The quantitative estimate of drug-likeness (QED) is 0.912. The Balaban J connectivity index is 1.88. The lowest BCUT2D eigenvalue weighted by atomic mass is 9.77. The van der Waals surface area contributed by atoms with Crippen LogP contribution in [0, 0.1) is 11.3 Å². The number of nitrogens with two attached hydrogens (primary N) is 1. The molecule has 21 heavy (non-hydrogen) atoms. The molecule has 0 aromatic heterocycles. The van der Waals surface area contributed by atoms with Gasteiger partial charge in [0.05, 0.1) is 0 Å². The van der Waals surface area contributed by atoms with E-state index in [9.17, 15) is 0 Å². The van der Waals surface area contributed by atoms with Crippen molar-refractivity contribution in [2.75, 3.05) is 19.6 Å². The van der Waals surface area contributed by atoms with Crippen LogP contribution in [0.2, 0.25) is 0 Å². The number of rotatable bonds is 4. The Morgan fingerprint density at radius 2 is 1.71 bits per heavy atom. The van der Waals surface area contributed by atoms with Crippen molar-refractivity contribution in [3.8, 4) is 0 Å². The Kier molecular flexibility index (Phi) is 5.83. The molecule has 0 saturated carbocycles. The fraction of sp³-hybridized carbons (Fsp3) is 0.684. The predicted molar refractivity (Wildman–Crippen MR) is 91.3 cm³/mol. The molecule has 1 fully saturated rings. The van der Waals surface area contributed by atoms with Gasteiger partial charge in [-0.2, -0.15) is 0 Å². The van der Waals surface area contributed by atoms with Crippen molar-refractivity contribution >= 4 is 0 Å². The summed E-state index contributed by atoms with van der Waals surface area (Å²) in [5, 5.41) is 0. The van der Waals surface area contributed by atoms with E-state index in [-0.39, 0.29) is 0 Å². The van der Waals surface area contributed by atoms with Crippen LogP contribution in [0.25, 0.3) is 0 Å². The molecule has 2 rings (SSSR count). The van der Waals surface area contributed by atoms with Gasteiger partial charge in [0.25, 0.3) is 0 Å². The van der Waals surface area contributed by atoms with Gasteiger partial charge < -0.3 is 5.73 Å². The molecule has 0 aliphatic carbocycles. The monoisotopic (exact) mass is 288 g/mol. The minimum Gasteiger partial charge on any atom is -0.330 e. The molecule has 0 radical (unpaired) electrons. The van der Waals surface area contributed by atoms with Crippen molar-refractivity contribution in [1.29, 1.82) is 0 Å². The van der Waals surface area contributed by atoms with E-state index < -0.39 is 0 Å². The zero-order valence-electron chi connectivity index (χ0n) is 14.1.